The first-order valence-corrected chi connectivity index (χ1v) is 10.5. The Hall–Kier alpha value is -4.17. The van der Waals surface area contributed by atoms with Gasteiger partial charge >= 0.3 is 5.69 Å². The van der Waals surface area contributed by atoms with Gasteiger partial charge in [0.1, 0.15) is 5.75 Å². The predicted octanol–water partition coefficient (Wildman–Crippen LogP) is 4.71. The van der Waals surface area contributed by atoms with Gasteiger partial charge in [0.2, 0.25) is 0 Å². The lowest BCUT2D eigenvalue weighted by Crippen LogP contribution is -2.31. The molecule has 34 heavy (non-hydrogen) atoms. The lowest BCUT2D eigenvalue weighted by atomic mass is 10.0. The SMILES string of the molecule is COc1cc(-c2cc3[nH]c(=O)n(/C=C/N=Cc4ccccc4)c(=O)c3cc2OC)c(Cl)cc1F. The van der Waals surface area contributed by atoms with Crippen molar-refractivity contribution in [2.45, 2.75) is 0 Å². The van der Waals surface area contributed by atoms with Gasteiger partial charge in [-0.05, 0) is 29.8 Å². The van der Waals surface area contributed by atoms with Crippen molar-refractivity contribution in [3.8, 4) is 22.6 Å². The molecule has 0 amide bonds. The van der Waals surface area contributed by atoms with Gasteiger partial charge in [-0.1, -0.05) is 41.9 Å². The number of rotatable bonds is 6. The summed E-state index contributed by atoms with van der Waals surface area (Å²) in [6.45, 7) is 0. The van der Waals surface area contributed by atoms with Gasteiger partial charge in [0, 0.05) is 29.7 Å². The molecule has 4 rings (SSSR count). The smallest absolute Gasteiger partial charge is 0.333 e. The number of methoxy groups -OCH3 is 2. The third-order valence-electron chi connectivity index (χ3n) is 5.11. The van der Waals surface area contributed by atoms with Crippen molar-refractivity contribution >= 4 is 34.9 Å². The normalized spacial score (nSPS) is 11.5. The number of nitrogens with one attached hydrogen (secondary N) is 1. The minimum absolute atomic E-state index is 0.00773. The molecule has 172 valence electrons. The fraction of sp³-hybridized carbons (Fsp3) is 0.0800. The van der Waals surface area contributed by atoms with Crippen molar-refractivity contribution in [1.29, 1.82) is 0 Å². The van der Waals surface area contributed by atoms with Crippen LogP contribution in [0.25, 0.3) is 28.2 Å². The van der Waals surface area contributed by atoms with E-state index in [1.54, 1.807) is 12.3 Å². The quantitative estimate of drug-likeness (QED) is 0.406. The van der Waals surface area contributed by atoms with Crippen LogP contribution in [-0.4, -0.2) is 30.0 Å². The van der Waals surface area contributed by atoms with Crippen LogP contribution in [-0.2, 0) is 0 Å². The van der Waals surface area contributed by atoms with Crippen LogP contribution in [0.1, 0.15) is 5.56 Å². The largest absolute Gasteiger partial charge is 0.496 e. The monoisotopic (exact) mass is 479 g/mol. The number of fused-ring (bicyclic) bond motifs is 1. The molecule has 0 fully saturated rings. The summed E-state index contributed by atoms with van der Waals surface area (Å²) in [5.74, 6) is -0.314. The molecular formula is C25H19ClFN3O4. The molecule has 7 nitrogen and oxygen atoms in total. The number of aromatic nitrogens is 2. The summed E-state index contributed by atoms with van der Waals surface area (Å²) in [7, 11) is 2.77. The van der Waals surface area contributed by atoms with Gasteiger partial charge in [-0.15, -0.1) is 0 Å². The highest BCUT2D eigenvalue weighted by atomic mass is 35.5. The molecule has 0 saturated heterocycles. The third kappa shape index (κ3) is 4.49. The number of H-pyrrole nitrogens is 1. The highest BCUT2D eigenvalue weighted by Gasteiger charge is 2.17. The predicted molar refractivity (Wildman–Crippen MR) is 132 cm³/mol. The molecule has 0 aliphatic carbocycles. The maximum absolute atomic E-state index is 14.0. The van der Waals surface area contributed by atoms with Crippen molar-refractivity contribution < 1.29 is 13.9 Å². The number of hydrogen-bond acceptors (Lipinski definition) is 5. The van der Waals surface area contributed by atoms with E-state index in [0.29, 0.717) is 16.9 Å². The molecule has 0 aliphatic rings. The number of aliphatic imine (C=N–C) groups is 1. The van der Waals surface area contributed by atoms with Crippen LogP contribution in [0.4, 0.5) is 4.39 Å². The Labute approximate surface area is 198 Å². The van der Waals surface area contributed by atoms with E-state index in [1.165, 1.54) is 38.8 Å². The maximum atomic E-state index is 14.0. The highest BCUT2D eigenvalue weighted by molar-refractivity contribution is 6.33. The van der Waals surface area contributed by atoms with E-state index in [0.717, 1.165) is 16.2 Å². The van der Waals surface area contributed by atoms with E-state index >= 15 is 0 Å². The van der Waals surface area contributed by atoms with Gasteiger partial charge in [-0.25, -0.2) is 13.8 Å². The van der Waals surface area contributed by atoms with Crippen molar-refractivity contribution in [2.75, 3.05) is 14.2 Å². The molecule has 0 saturated carbocycles. The summed E-state index contributed by atoms with van der Waals surface area (Å²) >= 11 is 6.26. The first kappa shape index (κ1) is 23.0. The second kappa shape index (κ2) is 9.76. The van der Waals surface area contributed by atoms with E-state index in [4.69, 9.17) is 21.1 Å². The van der Waals surface area contributed by atoms with Crippen LogP contribution in [0.2, 0.25) is 5.02 Å². The van der Waals surface area contributed by atoms with E-state index in [2.05, 4.69) is 9.98 Å². The van der Waals surface area contributed by atoms with E-state index < -0.39 is 17.1 Å². The van der Waals surface area contributed by atoms with E-state index in [1.807, 2.05) is 30.3 Å². The van der Waals surface area contributed by atoms with Gasteiger partial charge in [-0.3, -0.25) is 9.79 Å². The standard InChI is InChI=1S/C25H19ClFN3O4/c1-33-22-12-18-21(10-17(22)16-11-23(34-2)20(27)13-19(16)26)29-25(32)30(24(18)31)9-8-28-14-15-6-4-3-5-7-15/h3-14H,1-2H3,(H,29,32)/b9-8+,28-14?. The average Bonchev–Trinajstić information content (AvgIpc) is 2.83. The van der Waals surface area contributed by atoms with Gasteiger partial charge < -0.3 is 14.5 Å². The Morgan fingerprint density at radius 3 is 2.44 bits per heavy atom. The molecule has 0 spiro atoms. The summed E-state index contributed by atoms with van der Waals surface area (Å²) in [5, 5.41) is 0.327. The zero-order valence-corrected chi connectivity index (χ0v) is 19.0. The molecule has 0 unspecified atom stereocenters. The van der Waals surface area contributed by atoms with Crippen molar-refractivity contribution in [1.82, 2.24) is 9.55 Å². The molecule has 0 aliphatic heterocycles. The fourth-order valence-corrected chi connectivity index (χ4v) is 3.69. The minimum atomic E-state index is -0.650. The van der Waals surface area contributed by atoms with Gasteiger partial charge in [0.25, 0.3) is 5.56 Å². The molecule has 0 radical (unpaired) electrons. The molecule has 4 aromatic rings. The molecular weight excluding hydrogens is 461 g/mol. The first-order chi connectivity index (χ1) is 16.4. The second-order valence-electron chi connectivity index (χ2n) is 7.16. The highest BCUT2D eigenvalue weighted by Crippen LogP contribution is 2.39. The lowest BCUT2D eigenvalue weighted by molar-refractivity contribution is 0.386. The van der Waals surface area contributed by atoms with Crippen LogP contribution < -0.4 is 20.7 Å². The van der Waals surface area contributed by atoms with Crippen LogP contribution in [0.15, 0.2) is 75.4 Å². The van der Waals surface area contributed by atoms with Gasteiger partial charge in [0.05, 0.1) is 30.1 Å². The molecule has 0 atom stereocenters. The number of nitrogens with zero attached hydrogens (tertiary/aromatic N) is 2. The van der Waals surface area contributed by atoms with Gasteiger partial charge in [-0.2, -0.15) is 0 Å². The summed E-state index contributed by atoms with van der Waals surface area (Å²) in [4.78, 5) is 32.4. The number of benzene rings is 3. The number of aromatic amines is 1. The molecule has 1 N–H and O–H groups in total. The zero-order chi connectivity index (χ0) is 24.2. The Morgan fingerprint density at radius 1 is 1.00 bits per heavy atom. The summed E-state index contributed by atoms with van der Waals surface area (Å²) in [6.07, 6.45) is 4.24. The number of ether oxygens (including phenoxy) is 2. The third-order valence-corrected chi connectivity index (χ3v) is 5.42. The van der Waals surface area contributed by atoms with Crippen LogP contribution in [0.3, 0.4) is 0 Å². The molecule has 1 aromatic heterocycles. The lowest BCUT2D eigenvalue weighted by Gasteiger charge is -2.14. The maximum Gasteiger partial charge on any atom is 0.333 e. The van der Waals surface area contributed by atoms with E-state index in [9.17, 15) is 14.0 Å². The summed E-state index contributed by atoms with van der Waals surface area (Å²) < 4.78 is 25.4. The Bertz CT molecular complexity index is 1540. The molecule has 1 heterocycles. The Balaban J connectivity index is 1.80. The molecule has 3 aromatic carbocycles. The van der Waals surface area contributed by atoms with Gasteiger partial charge in [0.15, 0.2) is 11.6 Å². The first-order valence-electron chi connectivity index (χ1n) is 10.1. The van der Waals surface area contributed by atoms with E-state index in [-0.39, 0.29) is 21.7 Å². The minimum Gasteiger partial charge on any atom is -0.496 e. The molecule has 9 heteroatoms. The Morgan fingerprint density at radius 2 is 1.74 bits per heavy atom. The topological polar surface area (TPSA) is 85.7 Å². The Kier molecular flexibility index (Phi) is 6.60. The van der Waals surface area contributed by atoms with Crippen LogP contribution in [0.5, 0.6) is 11.5 Å². The second-order valence-corrected chi connectivity index (χ2v) is 7.56. The van der Waals surface area contributed by atoms with Crippen molar-refractivity contribution in [3.05, 3.63) is 98.0 Å². The summed E-state index contributed by atoms with van der Waals surface area (Å²) in [6, 6.07) is 15.0. The summed E-state index contributed by atoms with van der Waals surface area (Å²) in [5.41, 5.74) is 0.802. The van der Waals surface area contributed by atoms with Crippen LogP contribution in [0, 0.1) is 5.82 Å². The van der Waals surface area contributed by atoms with Crippen molar-refractivity contribution in [2.24, 2.45) is 4.99 Å². The fourth-order valence-electron chi connectivity index (χ4n) is 3.44. The van der Waals surface area contributed by atoms with Crippen molar-refractivity contribution in [3.63, 3.8) is 0 Å². The number of hydrogen-bond donors (Lipinski definition) is 1. The zero-order valence-electron chi connectivity index (χ0n) is 18.2. The molecule has 0 bridgehead atoms. The average molecular weight is 480 g/mol. The van der Waals surface area contributed by atoms with Crippen LogP contribution >= 0.6 is 11.6 Å². The number of halogens is 2.